The molecule has 0 radical (unpaired) electrons. The highest BCUT2D eigenvalue weighted by Crippen LogP contribution is 2.35. The molecule has 0 aliphatic carbocycles. The minimum Gasteiger partial charge on any atom is -0.464 e. The summed E-state index contributed by atoms with van der Waals surface area (Å²) in [6.45, 7) is 4.19. The van der Waals surface area contributed by atoms with Gasteiger partial charge in [0.25, 0.3) is 5.91 Å². The lowest BCUT2D eigenvalue weighted by atomic mass is 10.3. The van der Waals surface area contributed by atoms with Crippen LogP contribution in [-0.4, -0.2) is 60.6 Å². The average molecular weight is 293 g/mol. The summed E-state index contributed by atoms with van der Waals surface area (Å²) in [5.74, 6) is -1.72. The summed E-state index contributed by atoms with van der Waals surface area (Å²) >= 11 is 0. The van der Waals surface area contributed by atoms with Crippen molar-refractivity contribution in [2.45, 2.75) is 19.8 Å². The van der Waals surface area contributed by atoms with Crippen LogP contribution in [0.5, 0.6) is 0 Å². The Bertz CT molecular complexity index is 389. The Morgan fingerprint density at radius 3 is 2.32 bits per heavy atom. The quantitative estimate of drug-likeness (QED) is 0.233. The molecule has 0 aromatic rings. The fourth-order valence-corrected chi connectivity index (χ4v) is 2.17. The lowest BCUT2D eigenvalue weighted by Gasteiger charge is -2.14. The number of esters is 1. The van der Waals surface area contributed by atoms with Gasteiger partial charge in [-0.2, -0.15) is 0 Å². The van der Waals surface area contributed by atoms with Crippen molar-refractivity contribution in [3.05, 3.63) is 0 Å². The van der Waals surface area contributed by atoms with Gasteiger partial charge >= 0.3 is 5.97 Å². The Hall–Kier alpha value is -1.20. The molecule has 0 atom stereocenters. The molecule has 0 spiro atoms. The van der Waals surface area contributed by atoms with Crippen molar-refractivity contribution >= 4 is 24.8 Å². The van der Waals surface area contributed by atoms with E-state index in [2.05, 4.69) is 4.74 Å². The zero-order valence-corrected chi connectivity index (χ0v) is 12.3. The predicted octanol–water partition coefficient (Wildman–Crippen LogP) is 0.739. The van der Waals surface area contributed by atoms with Crippen LogP contribution in [0.1, 0.15) is 19.8 Å². The van der Waals surface area contributed by atoms with E-state index >= 15 is 0 Å². The number of hydrogen-bond donors (Lipinski definition) is 1. The van der Waals surface area contributed by atoms with Crippen LogP contribution in [0.3, 0.4) is 0 Å². The molecule has 0 rings (SSSR count). The average Bonchev–Trinajstić information content (AvgIpc) is 2.25. The number of hydroxylamine groups is 2. The van der Waals surface area contributed by atoms with Gasteiger partial charge < -0.3 is 9.30 Å². The van der Waals surface area contributed by atoms with Crippen LogP contribution >= 0.6 is 7.14 Å². The van der Waals surface area contributed by atoms with E-state index in [-0.39, 0.29) is 25.7 Å². The predicted molar refractivity (Wildman–Crippen MR) is 68.7 cm³/mol. The van der Waals surface area contributed by atoms with Crippen LogP contribution in [0.2, 0.25) is 0 Å². The number of ketones is 1. The Labute approximate surface area is 112 Å². The van der Waals surface area contributed by atoms with Gasteiger partial charge in [0, 0.05) is 6.42 Å². The number of amides is 1. The smallest absolute Gasteiger partial charge is 0.305 e. The summed E-state index contributed by atoms with van der Waals surface area (Å²) in [5, 5.41) is 9.65. The van der Waals surface area contributed by atoms with E-state index in [9.17, 15) is 24.2 Å². The molecule has 0 bridgehead atoms. The highest BCUT2D eigenvalue weighted by molar-refractivity contribution is 7.63. The number of Topliss-reactive ketones (excluding diaryl/α,β-unsaturated/α-hetero) is 1. The monoisotopic (exact) mass is 293 g/mol. The van der Waals surface area contributed by atoms with Crippen molar-refractivity contribution in [1.29, 1.82) is 0 Å². The molecular weight excluding hydrogens is 273 g/mol. The summed E-state index contributed by atoms with van der Waals surface area (Å²) in [6, 6.07) is 0. The molecule has 8 heteroatoms. The highest BCUT2D eigenvalue weighted by atomic mass is 31.2. The zero-order chi connectivity index (χ0) is 15.1. The molecule has 19 heavy (non-hydrogen) atoms. The van der Waals surface area contributed by atoms with E-state index in [4.69, 9.17) is 0 Å². The van der Waals surface area contributed by atoms with E-state index in [1.54, 1.807) is 6.92 Å². The van der Waals surface area contributed by atoms with Crippen molar-refractivity contribution < 1.29 is 28.9 Å². The molecule has 0 unspecified atom stereocenters. The molecule has 0 saturated carbocycles. The fraction of sp³-hybridized carbons (Fsp3) is 0.727. The summed E-state index contributed by atoms with van der Waals surface area (Å²) in [6.07, 6.45) is -0.471. The van der Waals surface area contributed by atoms with E-state index in [1.165, 1.54) is 13.3 Å². The number of carbonyl (C=O) groups is 3. The lowest BCUT2D eigenvalue weighted by Crippen LogP contribution is -2.33. The number of nitrogens with zero attached hydrogens (tertiary/aromatic N) is 1. The SMILES string of the molecule is CCC(=O)OCCN(O)C(=O)CC(=O)CP(C)(C)=O. The van der Waals surface area contributed by atoms with Gasteiger partial charge in [0.15, 0.2) is 0 Å². The van der Waals surface area contributed by atoms with Gasteiger partial charge in [-0.25, -0.2) is 5.06 Å². The molecule has 7 nitrogen and oxygen atoms in total. The van der Waals surface area contributed by atoms with Gasteiger partial charge in [0.05, 0.1) is 26.3 Å². The maximum atomic E-state index is 11.4. The van der Waals surface area contributed by atoms with Gasteiger partial charge in [0.1, 0.15) is 12.4 Å². The summed E-state index contributed by atoms with van der Waals surface area (Å²) in [7, 11) is -2.52. The van der Waals surface area contributed by atoms with Crippen LogP contribution in [-0.2, 0) is 23.7 Å². The second kappa shape index (κ2) is 8.07. The van der Waals surface area contributed by atoms with Crippen LogP contribution in [0.15, 0.2) is 0 Å². The van der Waals surface area contributed by atoms with Crippen molar-refractivity contribution in [3.8, 4) is 0 Å². The van der Waals surface area contributed by atoms with E-state index in [0.29, 0.717) is 5.06 Å². The van der Waals surface area contributed by atoms with Gasteiger partial charge in [-0.3, -0.25) is 19.6 Å². The lowest BCUT2D eigenvalue weighted by molar-refractivity contribution is -0.171. The third-order valence-electron chi connectivity index (χ3n) is 2.05. The summed E-state index contributed by atoms with van der Waals surface area (Å²) < 4.78 is 16.1. The number of hydrogen-bond acceptors (Lipinski definition) is 6. The molecule has 0 heterocycles. The summed E-state index contributed by atoms with van der Waals surface area (Å²) in [4.78, 5) is 33.6. The first-order chi connectivity index (χ1) is 8.65. The largest absolute Gasteiger partial charge is 0.464 e. The van der Waals surface area contributed by atoms with Crippen molar-refractivity contribution in [3.63, 3.8) is 0 Å². The topological polar surface area (TPSA) is 101 Å². The van der Waals surface area contributed by atoms with Gasteiger partial charge in [-0.1, -0.05) is 6.92 Å². The van der Waals surface area contributed by atoms with Gasteiger partial charge in [0.2, 0.25) is 0 Å². The van der Waals surface area contributed by atoms with Crippen LogP contribution in [0, 0.1) is 0 Å². The second-order valence-corrected chi connectivity index (χ2v) is 8.00. The first kappa shape index (κ1) is 17.8. The Morgan fingerprint density at radius 2 is 1.84 bits per heavy atom. The number of carbonyl (C=O) groups excluding carboxylic acids is 3. The molecule has 0 saturated heterocycles. The number of ether oxygens (including phenoxy) is 1. The first-order valence-corrected chi connectivity index (χ1v) is 8.65. The van der Waals surface area contributed by atoms with Crippen molar-refractivity contribution in [2.75, 3.05) is 32.6 Å². The Kier molecular flexibility index (Phi) is 7.56. The van der Waals surface area contributed by atoms with E-state index in [0.717, 1.165) is 0 Å². The normalized spacial score (nSPS) is 10.9. The first-order valence-electron chi connectivity index (χ1n) is 5.86. The van der Waals surface area contributed by atoms with Gasteiger partial charge in [-0.15, -0.1) is 0 Å². The molecule has 1 N–H and O–H groups in total. The van der Waals surface area contributed by atoms with Crippen LogP contribution in [0.4, 0.5) is 0 Å². The maximum Gasteiger partial charge on any atom is 0.305 e. The molecule has 1 amide bonds. The van der Waals surface area contributed by atoms with Crippen molar-refractivity contribution in [2.24, 2.45) is 0 Å². The third-order valence-corrected chi connectivity index (χ3v) is 3.16. The van der Waals surface area contributed by atoms with Crippen LogP contribution < -0.4 is 0 Å². The molecule has 0 aliphatic heterocycles. The molecule has 110 valence electrons. The van der Waals surface area contributed by atoms with E-state index in [1.807, 2.05) is 0 Å². The molecule has 0 aliphatic rings. The third kappa shape index (κ3) is 9.39. The zero-order valence-electron chi connectivity index (χ0n) is 11.4. The standard InChI is InChI=1S/C11H20NO6P/c1-4-11(15)18-6-5-12(16)10(14)7-9(13)8-19(2,3)17/h16H,4-8H2,1-3H3. The molecule has 0 fully saturated rings. The molecule has 0 aromatic heterocycles. The minimum atomic E-state index is -2.52. The second-order valence-electron chi connectivity index (χ2n) is 4.54. The molecular formula is C11H20NO6P. The van der Waals surface area contributed by atoms with E-state index < -0.39 is 31.2 Å². The van der Waals surface area contributed by atoms with Crippen LogP contribution in [0.25, 0.3) is 0 Å². The Morgan fingerprint density at radius 1 is 1.26 bits per heavy atom. The van der Waals surface area contributed by atoms with Gasteiger partial charge in [-0.05, 0) is 13.3 Å². The maximum absolute atomic E-state index is 11.4. The van der Waals surface area contributed by atoms with Crippen molar-refractivity contribution in [1.82, 2.24) is 5.06 Å². The molecule has 0 aromatic carbocycles. The summed E-state index contributed by atoms with van der Waals surface area (Å²) in [5.41, 5.74) is 0. The minimum absolute atomic E-state index is 0.136. The Balaban J connectivity index is 4.03. The number of rotatable bonds is 8. The fourth-order valence-electron chi connectivity index (χ4n) is 1.21. The highest BCUT2D eigenvalue weighted by Gasteiger charge is 2.20.